The van der Waals surface area contributed by atoms with Gasteiger partial charge in [-0.25, -0.2) is 9.59 Å². The average molecular weight is 1280 g/mol. The molecule has 0 heterocycles. The molecule has 5 aromatic carbocycles. The van der Waals surface area contributed by atoms with Crippen LogP contribution < -0.4 is 47.9 Å². The van der Waals surface area contributed by atoms with Crippen molar-refractivity contribution in [2.45, 2.75) is 157 Å². The Labute approximate surface area is 546 Å². The van der Waals surface area contributed by atoms with Gasteiger partial charge in [-0.3, -0.25) is 38.4 Å². The number of carbonyl (C=O) groups is 10. The van der Waals surface area contributed by atoms with E-state index in [9.17, 15) is 47.9 Å². The highest BCUT2D eigenvalue weighted by atomic mass is 16.5. The number of hydrogen-bond donors (Lipinski definition) is 9. The molecule has 0 aliphatic carbocycles. The van der Waals surface area contributed by atoms with E-state index in [-0.39, 0.29) is 63.3 Å². The van der Waals surface area contributed by atoms with E-state index in [4.69, 9.17) is 14.2 Å². The van der Waals surface area contributed by atoms with E-state index in [2.05, 4.69) is 47.9 Å². The maximum Gasteiger partial charge on any atom is 0.407 e. The molecule has 5 rings (SSSR count). The van der Waals surface area contributed by atoms with Crippen molar-refractivity contribution in [1.29, 1.82) is 0 Å². The SMILES string of the molecule is CC[C@H](C)[C@H](NC(=O)CNC(=O)OCc1ccccc1)NC(=O)C(CC(C)C)C(=O)NCC(=O)N[C@@H](Cc1ccccc1)C(=O)N[C@H](C(=O)N[C@@H](Cc1ccccc1)C(=O)N[C@H](C(=O)N[C@@H](CC(C)C)C(=O)OCc1ccccc1)[C@@H](C)OCc1ccccc1)C(C)C. The fourth-order valence-electron chi connectivity index (χ4n) is 9.79. The van der Waals surface area contributed by atoms with E-state index in [1.165, 1.54) is 0 Å². The van der Waals surface area contributed by atoms with Crippen LogP contribution in [0.4, 0.5) is 4.79 Å². The van der Waals surface area contributed by atoms with Crippen molar-refractivity contribution in [1.82, 2.24) is 47.9 Å². The lowest BCUT2D eigenvalue weighted by Gasteiger charge is -2.30. The molecule has 0 radical (unpaired) electrons. The molecule has 9 N–H and O–H groups in total. The fraction of sp³-hybridized carbons (Fsp3) is 0.437. The fourth-order valence-corrected chi connectivity index (χ4v) is 9.79. The van der Waals surface area contributed by atoms with Crippen LogP contribution in [0.2, 0.25) is 0 Å². The molecule has 0 aliphatic heterocycles. The van der Waals surface area contributed by atoms with E-state index < -0.39 is 127 Å². The summed E-state index contributed by atoms with van der Waals surface area (Å²) in [7, 11) is 0. The Morgan fingerprint density at radius 1 is 0.387 bits per heavy atom. The number of ether oxygens (including phenoxy) is 3. The summed E-state index contributed by atoms with van der Waals surface area (Å²) in [5, 5.41) is 24.4. The molecule has 0 saturated heterocycles. The first kappa shape index (κ1) is 74.3. The molecule has 0 aliphatic rings. The lowest BCUT2D eigenvalue weighted by molar-refractivity contribution is -0.150. The Balaban J connectivity index is 1.31. The third kappa shape index (κ3) is 26.7. The van der Waals surface area contributed by atoms with Gasteiger partial charge in [-0.15, -0.1) is 0 Å². The summed E-state index contributed by atoms with van der Waals surface area (Å²) in [5.41, 5.74) is 3.59. The summed E-state index contributed by atoms with van der Waals surface area (Å²) < 4.78 is 17.1. The van der Waals surface area contributed by atoms with E-state index in [0.717, 1.165) is 16.7 Å². The Morgan fingerprint density at radius 2 is 0.806 bits per heavy atom. The third-order valence-electron chi connectivity index (χ3n) is 15.2. The number of carbonyl (C=O) groups excluding carboxylic acids is 10. The lowest BCUT2D eigenvalue weighted by Crippen LogP contribution is -2.62. The minimum Gasteiger partial charge on any atom is -0.459 e. The van der Waals surface area contributed by atoms with E-state index >= 15 is 0 Å². The number of esters is 1. The second-order valence-electron chi connectivity index (χ2n) is 24.3. The van der Waals surface area contributed by atoms with Crippen LogP contribution >= 0.6 is 0 Å². The normalized spacial score (nSPS) is 14.0. The molecule has 9 amide bonds. The van der Waals surface area contributed by atoms with Crippen molar-refractivity contribution in [3.63, 3.8) is 0 Å². The molecule has 1 unspecified atom stereocenters. The number of amides is 9. The number of hydrogen-bond acceptors (Lipinski definition) is 13. The molecule has 9 atom stereocenters. The number of nitrogens with one attached hydrogen (secondary N) is 9. The molecular formula is C71H93N9O13. The van der Waals surface area contributed by atoms with E-state index in [0.29, 0.717) is 17.5 Å². The predicted octanol–water partition coefficient (Wildman–Crippen LogP) is 6.26. The molecule has 0 bridgehead atoms. The molecule has 5 aromatic rings. The second kappa shape index (κ2) is 39.1. The van der Waals surface area contributed by atoms with Crippen LogP contribution in [0.3, 0.4) is 0 Å². The smallest absolute Gasteiger partial charge is 0.407 e. The molecule has 500 valence electrons. The molecule has 0 saturated carbocycles. The topological polar surface area (TPSA) is 307 Å². The summed E-state index contributed by atoms with van der Waals surface area (Å²) in [5.74, 6) is -9.15. The summed E-state index contributed by atoms with van der Waals surface area (Å²) in [4.78, 5) is 140. The highest BCUT2D eigenvalue weighted by molar-refractivity contribution is 6.02. The number of alkyl carbamates (subject to hydrolysis) is 1. The van der Waals surface area contributed by atoms with Crippen LogP contribution in [0.25, 0.3) is 0 Å². The quantitative estimate of drug-likeness (QED) is 0.0121. The predicted molar refractivity (Wildman–Crippen MR) is 351 cm³/mol. The average Bonchev–Trinajstić information content (AvgIpc) is 1.28. The van der Waals surface area contributed by atoms with Crippen molar-refractivity contribution in [3.05, 3.63) is 179 Å². The highest BCUT2D eigenvalue weighted by Crippen LogP contribution is 2.17. The van der Waals surface area contributed by atoms with Gasteiger partial charge in [0.25, 0.3) is 0 Å². The first-order valence-electron chi connectivity index (χ1n) is 31.8. The van der Waals surface area contributed by atoms with Gasteiger partial charge in [0.15, 0.2) is 0 Å². The summed E-state index contributed by atoms with van der Waals surface area (Å²) >= 11 is 0. The molecule has 22 heteroatoms. The maximum absolute atomic E-state index is 14.9. The molecule has 22 nitrogen and oxygen atoms in total. The van der Waals surface area contributed by atoms with Gasteiger partial charge < -0.3 is 62.1 Å². The van der Waals surface area contributed by atoms with Crippen molar-refractivity contribution >= 4 is 59.3 Å². The first-order valence-corrected chi connectivity index (χ1v) is 31.8. The number of benzene rings is 5. The zero-order valence-corrected chi connectivity index (χ0v) is 54.7. The van der Waals surface area contributed by atoms with E-state index in [1.54, 1.807) is 113 Å². The maximum atomic E-state index is 14.9. The van der Waals surface area contributed by atoms with Crippen LogP contribution in [-0.2, 0) is 90.0 Å². The van der Waals surface area contributed by atoms with Crippen molar-refractivity contribution in [2.24, 2.45) is 29.6 Å². The zero-order valence-electron chi connectivity index (χ0n) is 54.7. The van der Waals surface area contributed by atoms with Crippen molar-refractivity contribution < 1.29 is 62.2 Å². The van der Waals surface area contributed by atoms with Gasteiger partial charge >= 0.3 is 12.1 Å². The molecule has 93 heavy (non-hydrogen) atoms. The van der Waals surface area contributed by atoms with Crippen molar-refractivity contribution in [2.75, 3.05) is 13.1 Å². The summed E-state index contributed by atoms with van der Waals surface area (Å²) in [6.45, 7) is 15.0. The standard InChI is InChI=1S/C71H93N9O13/c1-10-48(8)63(77-60(82)41-73-71(90)93-44-54-34-24-15-25-35-54)80-65(84)55(36-45(2)3)64(83)72-40-59(81)74-56(38-50-26-16-11-17-27-50)66(85)78-61(47(6)7)68(87)75-57(39-51-28-18-12-19-29-51)67(86)79-62(49(9)91-42-52-30-20-13-21-31-52)69(88)76-58(37-46(4)5)70(89)92-43-53-32-22-14-23-33-53/h11-35,45-49,55-58,61-63H,10,36-44H2,1-9H3,(H,72,83)(H,73,90)(H,74,81)(H,75,87)(H,76,88)(H,77,82)(H,78,85)(H,79,86)(H,80,84)/t48-,49+,55?,56-,57-,58-,61-,62-,63+/m0/s1. The van der Waals surface area contributed by atoms with Crippen LogP contribution in [-0.4, -0.2) is 115 Å². The lowest BCUT2D eigenvalue weighted by atomic mass is 9.94. The van der Waals surface area contributed by atoms with Gasteiger partial charge in [0.05, 0.1) is 19.3 Å². The minimum atomic E-state index is -1.42. The molecule has 0 fully saturated rings. The Morgan fingerprint density at radius 3 is 1.29 bits per heavy atom. The largest absolute Gasteiger partial charge is 0.459 e. The van der Waals surface area contributed by atoms with Gasteiger partial charge in [-0.1, -0.05) is 207 Å². The number of rotatable bonds is 37. The third-order valence-corrected chi connectivity index (χ3v) is 15.2. The van der Waals surface area contributed by atoms with Crippen LogP contribution in [0.5, 0.6) is 0 Å². The summed E-state index contributed by atoms with van der Waals surface area (Å²) in [6.07, 6.45) is -2.10. The van der Waals surface area contributed by atoms with Gasteiger partial charge in [0.1, 0.15) is 62.1 Å². The van der Waals surface area contributed by atoms with E-state index in [1.807, 2.05) is 101 Å². The first-order chi connectivity index (χ1) is 44.5. The van der Waals surface area contributed by atoms with Crippen LogP contribution in [0.15, 0.2) is 152 Å². The Kier molecular flexibility index (Phi) is 31.2. The zero-order chi connectivity index (χ0) is 67.8. The van der Waals surface area contributed by atoms with Gasteiger partial charge in [0.2, 0.25) is 47.3 Å². The second-order valence-corrected chi connectivity index (χ2v) is 24.3. The minimum absolute atomic E-state index is 0.00788. The molecule has 0 spiro atoms. The Bertz CT molecular complexity index is 3180. The van der Waals surface area contributed by atoms with Crippen molar-refractivity contribution in [3.8, 4) is 0 Å². The van der Waals surface area contributed by atoms with Gasteiger partial charge in [-0.2, -0.15) is 0 Å². The monoisotopic (exact) mass is 1280 g/mol. The van der Waals surface area contributed by atoms with Gasteiger partial charge in [-0.05, 0) is 77.7 Å². The van der Waals surface area contributed by atoms with Crippen LogP contribution in [0.1, 0.15) is 109 Å². The van der Waals surface area contributed by atoms with Crippen LogP contribution in [0, 0.1) is 29.6 Å². The highest BCUT2D eigenvalue weighted by Gasteiger charge is 2.37. The summed E-state index contributed by atoms with van der Waals surface area (Å²) in [6, 6.07) is 38.4. The molecular weight excluding hydrogens is 1190 g/mol. The molecule has 0 aromatic heterocycles. The Hall–Kier alpha value is -9.44. The van der Waals surface area contributed by atoms with Gasteiger partial charge in [0, 0.05) is 12.8 Å².